The fraction of sp³-hybridized carbons (Fsp3) is 0.300. The van der Waals surface area contributed by atoms with Crippen molar-refractivity contribution in [1.29, 1.82) is 0 Å². The van der Waals surface area contributed by atoms with Crippen LogP contribution in [0.2, 0.25) is 5.02 Å². The van der Waals surface area contributed by atoms with Gasteiger partial charge in [-0.3, -0.25) is 19.9 Å². The van der Waals surface area contributed by atoms with Gasteiger partial charge in [0, 0.05) is 12.8 Å². The van der Waals surface area contributed by atoms with Gasteiger partial charge in [0.1, 0.15) is 5.02 Å². The molecule has 0 atom stereocenters. The predicted molar refractivity (Wildman–Crippen MR) is 61.2 cm³/mol. The summed E-state index contributed by atoms with van der Waals surface area (Å²) in [5.41, 5.74) is -0.490. The Labute approximate surface area is 97.2 Å². The van der Waals surface area contributed by atoms with Crippen LogP contribution in [-0.4, -0.2) is 15.9 Å². The molecule has 0 fully saturated rings. The lowest BCUT2D eigenvalue weighted by atomic mass is 10.2. The SMILES string of the molecule is C#CCCCC(=O)Nc1ncc(Cl)c(=O)[nH]1. The van der Waals surface area contributed by atoms with E-state index in [2.05, 4.69) is 21.2 Å². The zero-order chi connectivity index (χ0) is 12.0. The highest BCUT2D eigenvalue weighted by Gasteiger charge is 2.04. The zero-order valence-electron chi connectivity index (χ0n) is 8.42. The summed E-state index contributed by atoms with van der Waals surface area (Å²) in [7, 11) is 0. The molecule has 16 heavy (non-hydrogen) atoms. The van der Waals surface area contributed by atoms with Gasteiger partial charge in [0.2, 0.25) is 11.9 Å². The lowest BCUT2D eigenvalue weighted by Gasteiger charge is -2.02. The third kappa shape index (κ3) is 3.75. The van der Waals surface area contributed by atoms with Crippen molar-refractivity contribution >= 4 is 23.5 Å². The van der Waals surface area contributed by atoms with Gasteiger partial charge in [-0.15, -0.1) is 12.3 Å². The van der Waals surface area contributed by atoms with Crippen LogP contribution in [0.3, 0.4) is 0 Å². The third-order valence-corrected chi connectivity index (χ3v) is 2.01. The molecule has 0 aromatic carbocycles. The maximum absolute atomic E-state index is 11.3. The van der Waals surface area contributed by atoms with Crippen LogP contribution in [-0.2, 0) is 4.79 Å². The second kappa shape index (κ2) is 5.93. The molecule has 1 aromatic rings. The van der Waals surface area contributed by atoms with Gasteiger partial charge in [-0.05, 0) is 6.42 Å². The van der Waals surface area contributed by atoms with Crippen molar-refractivity contribution in [2.24, 2.45) is 0 Å². The number of halogens is 1. The van der Waals surface area contributed by atoms with E-state index in [1.165, 1.54) is 6.20 Å². The number of unbranched alkanes of at least 4 members (excludes halogenated alkanes) is 1. The van der Waals surface area contributed by atoms with Crippen molar-refractivity contribution in [1.82, 2.24) is 9.97 Å². The lowest BCUT2D eigenvalue weighted by Crippen LogP contribution is -2.17. The Hall–Kier alpha value is -1.80. The highest BCUT2D eigenvalue weighted by Crippen LogP contribution is 2.02. The maximum atomic E-state index is 11.3. The lowest BCUT2D eigenvalue weighted by molar-refractivity contribution is -0.116. The minimum Gasteiger partial charge on any atom is -0.296 e. The van der Waals surface area contributed by atoms with E-state index in [4.69, 9.17) is 18.0 Å². The molecule has 0 aliphatic rings. The Morgan fingerprint density at radius 2 is 2.44 bits per heavy atom. The van der Waals surface area contributed by atoms with Gasteiger partial charge in [-0.2, -0.15) is 0 Å². The number of terminal acetylenes is 1. The van der Waals surface area contributed by atoms with Gasteiger partial charge >= 0.3 is 0 Å². The summed E-state index contributed by atoms with van der Waals surface area (Å²) in [5, 5.41) is 2.41. The molecule has 0 bridgehead atoms. The van der Waals surface area contributed by atoms with Crippen LogP contribution in [0.5, 0.6) is 0 Å². The molecule has 2 N–H and O–H groups in total. The van der Waals surface area contributed by atoms with Crippen LogP contribution < -0.4 is 10.9 Å². The van der Waals surface area contributed by atoms with E-state index in [1.54, 1.807) is 0 Å². The number of carbonyl (C=O) groups excluding carboxylic acids is 1. The number of nitrogens with zero attached hydrogens (tertiary/aromatic N) is 1. The molecule has 1 amide bonds. The normalized spacial score (nSPS) is 9.50. The van der Waals surface area contributed by atoms with Crippen LogP contribution in [0.1, 0.15) is 19.3 Å². The summed E-state index contributed by atoms with van der Waals surface area (Å²) >= 11 is 5.48. The van der Waals surface area contributed by atoms with E-state index < -0.39 is 5.56 Å². The Balaban J connectivity index is 2.54. The van der Waals surface area contributed by atoms with Crippen molar-refractivity contribution in [3.63, 3.8) is 0 Å². The number of aromatic amines is 1. The van der Waals surface area contributed by atoms with E-state index in [1.807, 2.05) is 0 Å². The number of hydrogen-bond donors (Lipinski definition) is 2. The van der Waals surface area contributed by atoms with E-state index in [0.717, 1.165) is 0 Å². The van der Waals surface area contributed by atoms with E-state index >= 15 is 0 Å². The van der Waals surface area contributed by atoms with E-state index in [9.17, 15) is 9.59 Å². The van der Waals surface area contributed by atoms with Gasteiger partial charge in [-0.1, -0.05) is 11.6 Å². The topological polar surface area (TPSA) is 74.8 Å². The first kappa shape index (κ1) is 12.3. The molecule has 6 heteroatoms. The van der Waals surface area contributed by atoms with Crippen molar-refractivity contribution in [3.8, 4) is 12.3 Å². The third-order valence-electron chi connectivity index (χ3n) is 1.74. The molecule has 0 unspecified atom stereocenters. The number of amides is 1. The molecule has 0 radical (unpaired) electrons. The van der Waals surface area contributed by atoms with E-state index in [-0.39, 0.29) is 23.3 Å². The average Bonchev–Trinajstić information content (AvgIpc) is 2.24. The van der Waals surface area contributed by atoms with Gasteiger partial charge < -0.3 is 0 Å². The molecule has 1 heterocycles. The Kier molecular flexibility index (Phi) is 4.55. The summed E-state index contributed by atoms with van der Waals surface area (Å²) in [5.74, 6) is 2.27. The Bertz CT molecular complexity index is 476. The van der Waals surface area contributed by atoms with Crippen LogP contribution in [0.4, 0.5) is 5.95 Å². The maximum Gasteiger partial charge on any atom is 0.271 e. The molecule has 0 saturated carbocycles. The fourth-order valence-electron chi connectivity index (χ4n) is 0.988. The van der Waals surface area contributed by atoms with Gasteiger partial charge in [-0.25, -0.2) is 4.98 Å². The van der Waals surface area contributed by atoms with Crippen LogP contribution >= 0.6 is 11.6 Å². The summed E-state index contributed by atoms with van der Waals surface area (Å²) in [4.78, 5) is 28.5. The molecule has 5 nitrogen and oxygen atoms in total. The van der Waals surface area contributed by atoms with E-state index in [0.29, 0.717) is 12.8 Å². The van der Waals surface area contributed by atoms with Crippen molar-refractivity contribution in [2.45, 2.75) is 19.3 Å². The molecule has 0 aliphatic heterocycles. The van der Waals surface area contributed by atoms with Gasteiger partial charge in [0.05, 0.1) is 6.20 Å². The van der Waals surface area contributed by atoms with Crippen LogP contribution in [0.25, 0.3) is 0 Å². The molecule has 84 valence electrons. The minimum absolute atomic E-state index is 0.0228. The second-order valence-electron chi connectivity index (χ2n) is 3.01. The summed E-state index contributed by atoms with van der Waals surface area (Å²) in [6.45, 7) is 0. The second-order valence-corrected chi connectivity index (χ2v) is 3.42. The molecule has 0 spiro atoms. The predicted octanol–water partition coefficient (Wildman–Crippen LogP) is 1.17. The zero-order valence-corrected chi connectivity index (χ0v) is 9.17. The summed E-state index contributed by atoms with van der Waals surface area (Å²) in [6.07, 6.45) is 7.65. The number of hydrogen-bond acceptors (Lipinski definition) is 3. The van der Waals surface area contributed by atoms with Crippen molar-refractivity contribution in [2.75, 3.05) is 5.32 Å². The van der Waals surface area contributed by atoms with Crippen molar-refractivity contribution in [3.05, 3.63) is 21.6 Å². The van der Waals surface area contributed by atoms with Crippen LogP contribution in [0, 0.1) is 12.3 Å². The first-order chi connectivity index (χ1) is 7.63. The standard InChI is InChI=1S/C10H10ClN3O2/c1-2-3-4-5-8(15)13-10-12-6-7(11)9(16)14-10/h1,6H,3-5H2,(H2,12,13,14,15,16). The van der Waals surface area contributed by atoms with Crippen LogP contribution in [0.15, 0.2) is 11.0 Å². The van der Waals surface area contributed by atoms with Gasteiger partial charge in [0.15, 0.2) is 0 Å². The number of H-pyrrole nitrogens is 1. The molecular weight excluding hydrogens is 230 g/mol. The largest absolute Gasteiger partial charge is 0.296 e. The molecule has 1 aromatic heterocycles. The number of nitrogens with one attached hydrogen (secondary N) is 2. The minimum atomic E-state index is -0.490. The molecular formula is C10H10ClN3O2. The molecule has 1 rings (SSSR count). The first-order valence-corrected chi connectivity index (χ1v) is 4.99. The first-order valence-electron chi connectivity index (χ1n) is 4.61. The average molecular weight is 240 g/mol. The number of rotatable bonds is 4. The summed E-state index contributed by atoms with van der Waals surface area (Å²) < 4.78 is 0. The number of carbonyl (C=O) groups is 1. The fourth-order valence-corrected chi connectivity index (χ4v) is 1.08. The Morgan fingerprint density at radius 1 is 1.69 bits per heavy atom. The number of anilines is 1. The Morgan fingerprint density at radius 3 is 3.06 bits per heavy atom. The molecule has 0 aliphatic carbocycles. The number of aromatic nitrogens is 2. The van der Waals surface area contributed by atoms with Gasteiger partial charge in [0.25, 0.3) is 5.56 Å². The van der Waals surface area contributed by atoms with Crippen molar-refractivity contribution < 1.29 is 4.79 Å². The molecule has 0 saturated heterocycles. The monoisotopic (exact) mass is 239 g/mol. The highest BCUT2D eigenvalue weighted by atomic mass is 35.5. The highest BCUT2D eigenvalue weighted by molar-refractivity contribution is 6.30. The smallest absolute Gasteiger partial charge is 0.271 e. The summed E-state index contributed by atoms with van der Waals surface area (Å²) in [6, 6.07) is 0. The quantitative estimate of drug-likeness (QED) is 0.612.